The Kier molecular flexibility index (Phi) is 10.8. The summed E-state index contributed by atoms with van der Waals surface area (Å²) in [6.07, 6.45) is 8.12. The molecule has 9 nitrogen and oxygen atoms in total. The summed E-state index contributed by atoms with van der Waals surface area (Å²) in [6.45, 7) is 4.66. The van der Waals surface area contributed by atoms with Gasteiger partial charge in [-0.1, -0.05) is 46.0 Å². The largest absolute Gasteiger partial charge is 0.477 e. The van der Waals surface area contributed by atoms with Gasteiger partial charge in [0, 0.05) is 18.3 Å². The molecule has 0 atom stereocenters. The van der Waals surface area contributed by atoms with Crippen LogP contribution in [0.25, 0.3) is 0 Å². The number of carboxylic acids is 1. The maximum Gasteiger partial charge on any atom is 0.354 e. The zero-order valence-electron chi connectivity index (χ0n) is 20.2. The summed E-state index contributed by atoms with van der Waals surface area (Å²) < 4.78 is 27.4. The van der Waals surface area contributed by atoms with E-state index in [2.05, 4.69) is 17.2 Å². The van der Waals surface area contributed by atoms with Crippen molar-refractivity contribution >= 4 is 27.8 Å². The number of rotatable bonds is 14. The Morgan fingerprint density at radius 1 is 0.886 bits per heavy atom. The average Bonchev–Trinajstić information content (AvgIpc) is 2.83. The molecule has 0 saturated heterocycles. The summed E-state index contributed by atoms with van der Waals surface area (Å²) in [6, 6.07) is 6.64. The highest BCUT2D eigenvalue weighted by molar-refractivity contribution is 7.90. The normalized spacial score (nSPS) is 11.1. The second-order valence-corrected chi connectivity index (χ2v) is 9.95. The molecule has 1 heterocycles. The third kappa shape index (κ3) is 8.47. The average molecular weight is 504 g/mol. The minimum atomic E-state index is -4.21. The molecular formula is C25H33N3O6S. The van der Waals surface area contributed by atoms with Crippen molar-refractivity contribution in [3.8, 4) is 0 Å². The summed E-state index contributed by atoms with van der Waals surface area (Å²) in [5.41, 5.74) is 0.487. The van der Waals surface area contributed by atoms with Crippen LogP contribution in [0.15, 0.2) is 41.4 Å². The highest BCUT2D eigenvalue weighted by atomic mass is 32.2. The van der Waals surface area contributed by atoms with Crippen molar-refractivity contribution in [2.45, 2.75) is 70.1 Å². The number of aryl methyl sites for hydroxylation is 1. The molecule has 10 heteroatoms. The highest BCUT2D eigenvalue weighted by Crippen LogP contribution is 2.16. The van der Waals surface area contributed by atoms with Gasteiger partial charge in [0.1, 0.15) is 0 Å². The Morgan fingerprint density at radius 2 is 1.54 bits per heavy atom. The number of carboxylic acid groups (broad SMARTS) is 1. The lowest BCUT2D eigenvalue weighted by molar-refractivity contribution is 0.0688. The van der Waals surface area contributed by atoms with Crippen LogP contribution in [0.1, 0.15) is 95.6 Å². The number of unbranched alkanes of at least 4 members (excludes halogenated alkanes) is 5. The summed E-state index contributed by atoms with van der Waals surface area (Å²) in [4.78, 5) is 40.0. The molecule has 0 saturated carbocycles. The number of nitrogens with one attached hydrogen (secondary N) is 2. The Hall–Kier alpha value is -3.27. The molecule has 1 aromatic heterocycles. The number of nitrogens with zero attached hydrogens (tertiary/aromatic N) is 1. The van der Waals surface area contributed by atoms with Crippen molar-refractivity contribution in [2.75, 3.05) is 6.54 Å². The van der Waals surface area contributed by atoms with Crippen molar-refractivity contribution in [2.24, 2.45) is 0 Å². The van der Waals surface area contributed by atoms with Gasteiger partial charge in [0.15, 0.2) is 5.69 Å². The third-order valence-corrected chi connectivity index (χ3v) is 6.80. The van der Waals surface area contributed by atoms with Gasteiger partial charge in [-0.05, 0) is 55.2 Å². The lowest BCUT2D eigenvalue weighted by atomic mass is 10.0. The fourth-order valence-corrected chi connectivity index (χ4v) is 4.44. The SMILES string of the molecule is CCCCCCNC(=O)c1ccc(S(=O)(=O)NC(=O)c2cnc(C(=O)O)c(CCCCC)c2)cc1. The molecule has 0 bridgehead atoms. The molecule has 2 aromatic rings. The Morgan fingerprint density at radius 3 is 2.17 bits per heavy atom. The van der Waals surface area contributed by atoms with E-state index in [1.54, 1.807) is 0 Å². The summed E-state index contributed by atoms with van der Waals surface area (Å²) in [7, 11) is -4.21. The Labute approximate surface area is 206 Å². The van der Waals surface area contributed by atoms with Gasteiger partial charge in [0.05, 0.1) is 10.5 Å². The second-order valence-electron chi connectivity index (χ2n) is 8.27. The molecule has 0 aliphatic rings. The van der Waals surface area contributed by atoms with Gasteiger partial charge in [0.2, 0.25) is 0 Å². The molecular weight excluding hydrogens is 470 g/mol. The maximum atomic E-state index is 12.7. The Bertz CT molecular complexity index is 1130. The standard InChI is InChI=1S/C25H33N3O6S/c1-3-5-7-9-15-26-23(29)18-11-13-21(14-12-18)35(33,34)28-24(30)20-16-19(10-8-6-4-2)22(25(31)32)27-17-20/h11-14,16-17H,3-10,15H2,1-2H3,(H,26,29)(H,28,30)(H,31,32). The fourth-order valence-electron chi connectivity index (χ4n) is 3.46. The van der Waals surface area contributed by atoms with Crippen LogP contribution in [-0.4, -0.2) is 42.8 Å². The molecule has 35 heavy (non-hydrogen) atoms. The minimum absolute atomic E-state index is 0.0517. The molecule has 1 aromatic carbocycles. The van der Waals surface area contributed by atoms with Gasteiger partial charge in [-0.2, -0.15) is 0 Å². The molecule has 0 aliphatic heterocycles. The number of pyridine rings is 1. The molecule has 0 unspecified atom stereocenters. The van der Waals surface area contributed by atoms with Crippen molar-refractivity contribution < 1.29 is 27.9 Å². The van der Waals surface area contributed by atoms with Crippen LogP contribution >= 0.6 is 0 Å². The number of hydrogen-bond donors (Lipinski definition) is 3. The van der Waals surface area contributed by atoms with Crippen LogP contribution in [0.2, 0.25) is 0 Å². The number of benzene rings is 1. The quantitative estimate of drug-likeness (QED) is 0.331. The van der Waals surface area contributed by atoms with Crippen LogP contribution in [0.4, 0.5) is 0 Å². The molecule has 3 N–H and O–H groups in total. The Balaban J connectivity index is 2.08. The van der Waals surface area contributed by atoms with E-state index in [-0.39, 0.29) is 22.1 Å². The van der Waals surface area contributed by atoms with Crippen LogP contribution in [0, 0.1) is 0 Å². The lowest BCUT2D eigenvalue weighted by Gasteiger charge is -2.10. The van der Waals surface area contributed by atoms with Gasteiger partial charge >= 0.3 is 5.97 Å². The first-order chi connectivity index (χ1) is 16.7. The van der Waals surface area contributed by atoms with Gasteiger partial charge in [-0.3, -0.25) is 9.59 Å². The first-order valence-electron chi connectivity index (χ1n) is 11.9. The van der Waals surface area contributed by atoms with E-state index < -0.39 is 21.9 Å². The zero-order chi connectivity index (χ0) is 25.8. The molecule has 0 aliphatic carbocycles. The molecule has 190 valence electrons. The van der Waals surface area contributed by atoms with Crippen LogP contribution in [-0.2, 0) is 16.4 Å². The predicted molar refractivity (Wildman–Crippen MR) is 132 cm³/mol. The minimum Gasteiger partial charge on any atom is -0.477 e. The fraction of sp³-hybridized carbons (Fsp3) is 0.440. The first kappa shape index (κ1) is 28.0. The molecule has 2 rings (SSSR count). The number of amides is 2. The number of carbonyl (C=O) groups is 3. The zero-order valence-corrected chi connectivity index (χ0v) is 21.0. The smallest absolute Gasteiger partial charge is 0.354 e. The van der Waals surface area contributed by atoms with E-state index in [9.17, 15) is 27.9 Å². The third-order valence-electron chi connectivity index (χ3n) is 5.45. The van der Waals surface area contributed by atoms with Crippen molar-refractivity contribution in [3.05, 3.63) is 58.9 Å². The maximum absolute atomic E-state index is 12.7. The van der Waals surface area contributed by atoms with Crippen molar-refractivity contribution in [1.82, 2.24) is 15.0 Å². The van der Waals surface area contributed by atoms with Crippen molar-refractivity contribution in [1.29, 1.82) is 0 Å². The topological polar surface area (TPSA) is 143 Å². The van der Waals surface area contributed by atoms with Crippen LogP contribution in [0.5, 0.6) is 0 Å². The molecule has 0 radical (unpaired) electrons. The van der Waals surface area contributed by atoms with Crippen LogP contribution in [0.3, 0.4) is 0 Å². The molecule has 0 fully saturated rings. The van der Waals surface area contributed by atoms with E-state index in [4.69, 9.17) is 0 Å². The van der Waals surface area contributed by atoms with Gasteiger partial charge < -0.3 is 10.4 Å². The van der Waals surface area contributed by atoms with E-state index in [0.29, 0.717) is 24.1 Å². The number of hydrogen-bond acceptors (Lipinski definition) is 6. The molecule has 2 amide bonds. The van der Waals surface area contributed by atoms with E-state index >= 15 is 0 Å². The number of aromatic nitrogens is 1. The number of carbonyl (C=O) groups excluding carboxylic acids is 2. The number of sulfonamides is 1. The lowest BCUT2D eigenvalue weighted by Crippen LogP contribution is -2.31. The highest BCUT2D eigenvalue weighted by Gasteiger charge is 2.21. The summed E-state index contributed by atoms with van der Waals surface area (Å²) >= 11 is 0. The monoisotopic (exact) mass is 503 g/mol. The molecule has 0 spiro atoms. The van der Waals surface area contributed by atoms with E-state index in [1.807, 2.05) is 11.6 Å². The van der Waals surface area contributed by atoms with Gasteiger partial charge in [-0.25, -0.2) is 22.9 Å². The van der Waals surface area contributed by atoms with Gasteiger partial charge in [-0.15, -0.1) is 0 Å². The summed E-state index contributed by atoms with van der Waals surface area (Å²) in [5.74, 6) is -2.42. The predicted octanol–water partition coefficient (Wildman–Crippen LogP) is 3.94. The van der Waals surface area contributed by atoms with Gasteiger partial charge in [0.25, 0.3) is 21.8 Å². The van der Waals surface area contributed by atoms with Crippen molar-refractivity contribution in [3.63, 3.8) is 0 Å². The second kappa shape index (κ2) is 13.6. The van der Waals surface area contributed by atoms with E-state index in [0.717, 1.165) is 51.1 Å². The first-order valence-corrected chi connectivity index (χ1v) is 13.4. The van der Waals surface area contributed by atoms with E-state index in [1.165, 1.54) is 30.3 Å². The number of aromatic carboxylic acids is 1. The van der Waals surface area contributed by atoms with Crippen LogP contribution < -0.4 is 10.0 Å². The summed E-state index contributed by atoms with van der Waals surface area (Å²) in [5, 5.41) is 12.1.